The molecule has 0 bridgehead atoms. The number of benzene rings is 8. The van der Waals surface area contributed by atoms with Gasteiger partial charge in [0.2, 0.25) is 0 Å². The van der Waals surface area contributed by atoms with Crippen LogP contribution in [-0.2, 0) is 5.41 Å². The van der Waals surface area contributed by atoms with E-state index in [1.165, 1.54) is 49.6 Å². The van der Waals surface area contributed by atoms with E-state index in [1.54, 1.807) is 0 Å². The summed E-state index contributed by atoms with van der Waals surface area (Å²) >= 11 is 0. The molecule has 0 N–H and O–H groups in total. The molecule has 0 spiro atoms. The van der Waals surface area contributed by atoms with Gasteiger partial charge in [-0.3, -0.25) is 0 Å². The fourth-order valence-corrected chi connectivity index (χ4v) is 9.07. The molecule has 3 nitrogen and oxygen atoms in total. The molecule has 3 heteroatoms. The summed E-state index contributed by atoms with van der Waals surface area (Å²) in [7, 11) is 0. The van der Waals surface area contributed by atoms with Crippen LogP contribution in [0.25, 0.3) is 94.8 Å². The molecule has 0 aliphatic heterocycles. The summed E-state index contributed by atoms with van der Waals surface area (Å²) in [5, 5.41) is 2.51. The van der Waals surface area contributed by atoms with E-state index >= 15 is 0 Å². The smallest absolute Gasteiger partial charge is 0.160 e. The van der Waals surface area contributed by atoms with Crippen LogP contribution in [0.4, 0.5) is 0 Å². The third-order valence-corrected chi connectivity index (χ3v) is 12.0. The number of nitrogens with zero attached hydrogens (tertiary/aromatic N) is 3. The zero-order chi connectivity index (χ0) is 38.8. The Hall–Kier alpha value is -7.36. The van der Waals surface area contributed by atoms with Gasteiger partial charge in [-0.1, -0.05) is 159 Å². The number of fused-ring (bicyclic) bond motifs is 6. The Balaban J connectivity index is 1.09. The quantitative estimate of drug-likeness (QED) is 0.170. The molecule has 0 saturated heterocycles. The van der Waals surface area contributed by atoms with Crippen molar-refractivity contribution in [3.63, 3.8) is 0 Å². The van der Waals surface area contributed by atoms with Crippen LogP contribution >= 0.6 is 0 Å². The second kappa shape index (κ2) is 13.4. The minimum Gasteiger partial charge on any atom is -0.309 e. The second-order valence-electron chi connectivity index (χ2n) is 15.8. The molecule has 0 saturated carbocycles. The van der Waals surface area contributed by atoms with Crippen LogP contribution in [0, 0.1) is 0 Å². The lowest BCUT2D eigenvalue weighted by Gasteiger charge is -2.22. The molecular formula is C55H39N3. The first kappa shape index (κ1) is 33.9. The van der Waals surface area contributed by atoms with Crippen molar-refractivity contribution in [2.75, 3.05) is 0 Å². The van der Waals surface area contributed by atoms with E-state index in [4.69, 9.17) is 9.97 Å². The number of hydrogen-bond acceptors (Lipinski definition) is 2. The van der Waals surface area contributed by atoms with Crippen molar-refractivity contribution < 1.29 is 0 Å². The lowest BCUT2D eigenvalue weighted by Crippen LogP contribution is -2.14. The highest BCUT2D eigenvalue weighted by Crippen LogP contribution is 2.50. The summed E-state index contributed by atoms with van der Waals surface area (Å²) in [6, 6.07) is 71.9. The lowest BCUT2D eigenvalue weighted by molar-refractivity contribution is 0.660. The van der Waals surface area contributed by atoms with Crippen LogP contribution in [0.1, 0.15) is 25.0 Å². The first-order chi connectivity index (χ1) is 28.5. The van der Waals surface area contributed by atoms with Crippen molar-refractivity contribution in [1.82, 2.24) is 14.5 Å². The van der Waals surface area contributed by atoms with Crippen molar-refractivity contribution >= 4 is 21.8 Å². The molecule has 0 amide bonds. The summed E-state index contributed by atoms with van der Waals surface area (Å²) in [6.07, 6.45) is 0. The van der Waals surface area contributed by atoms with Gasteiger partial charge in [0.05, 0.1) is 22.4 Å². The van der Waals surface area contributed by atoms with Crippen LogP contribution in [0.2, 0.25) is 0 Å². The molecule has 8 aromatic carbocycles. The topological polar surface area (TPSA) is 30.7 Å². The van der Waals surface area contributed by atoms with Gasteiger partial charge in [0.15, 0.2) is 5.82 Å². The van der Waals surface area contributed by atoms with Gasteiger partial charge in [0, 0.05) is 38.6 Å². The fourth-order valence-electron chi connectivity index (χ4n) is 9.07. The molecule has 1 aliphatic carbocycles. The Bertz CT molecular complexity index is 3060. The van der Waals surface area contributed by atoms with Crippen molar-refractivity contribution in [3.05, 3.63) is 211 Å². The molecule has 0 radical (unpaired) electrons. The van der Waals surface area contributed by atoms with Gasteiger partial charge < -0.3 is 4.57 Å². The predicted molar refractivity (Wildman–Crippen MR) is 241 cm³/mol. The second-order valence-corrected chi connectivity index (χ2v) is 15.8. The van der Waals surface area contributed by atoms with Crippen LogP contribution in [-0.4, -0.2) is 14.5 Å². The molecular weight excluding hydrogens is 703 g/mol. The molecule has 11 rings (SSSR count). The first-order valence-electron chi connectivity index (χ1n) is 20.0. The van der Waals surface area contributed by atoms with Crippen LogP contribution in [0.5, 0.6) is 0 Å². The molecule has 0 atom stereocenters. The molecule has 274 valence electrons. The van der Waals surface area contributed by atoms with Crippen LogP contribution in [0.3, 0.4) is 0 Å². The summed E-state index contributed by atoms with van der Waals surface area (Å²) < 4.78 is 2.37. The van der Waals surface area contributed by atoms with E-state index in [-0.39, 0.29) is 5.41 Å². The third-order valence-electron chi connectivity index (χ3n) is 12.0. The maximum absolute atomic E-state index is 5.27. The van der Waals surface area contributed by atoms with Gasteiger partial charge in [0.1, 0.15) is 0 Å². The van der Waals surface area contributed by atoms with E-state index in [0.29, 0.717) is 5.82 Å². The largest absolute Gasteiger partial charge is 0.309 e. The maximum Gasteiger partial charge on any atom is 0.160 e. The van der Waals surface area contributed by atoms with Gasteiger partial charge in [-0.2, -0.15) is 0 Å². The first-order valence-corrected chi connectivity index (χ1v) is 20.0. The standard InChI is InChI=1S/C55H39N3/c1-55(2)48-22-12-9-19-44(48)45-30-27-39(34-49(45)55)41-31-40(36-25-28-43(29-26-36)58-52-23-13-10-20-46(52)47-21-11-14-24-53(47)58)32-42(33-41)54-56-50(37-15-5-3-6-16-37)35-51(57-54)38-17-7-4-8-18-38/h3-35H,1-2H3. The van der Waals surface area contributed by atoms with Crippen LogP contribution < -0.4 is 0 Å². The Morgan fingerprint density at radius 3 is 1.50 bits per heavy atom. The average molecular weight is 742 g/mol. The summed E-state index contributed by atoms with van der Waals surface area (Å²) in [5.74, 6) is 0.694. The number of hydrogen-bond donors (Lipinski definition) is 0. The number of rotatable bonds is 6. The Kier molecular flexibility index (Phi) is 7.84. The van der Waals surface area contributed by atoms with Crippen molar-refractivity contribution in [3.8, 4) is 73.0 Å². The summed E-state index contributed by atoms with van der Waals surface area (Å²) in [4.78, 5) is 10.5. The molecule has 58 heavy (non-hydrogen) atoms. The van der Waals surface area contributed by atoms with Crippen molar-refractivity contribution in [1.29, 1.82) is 0 Å². The van der Waals surface area contributed by atoms with Crippen molar-refractivity contribution in [2.45, 2.75) is 19.3 Å². The molecule has 10 aromatic rings. The van der Waals surface area contributed by atoms with Gasteiger partial charge in [-0.25, -0.2) is 9.97 Å². The Morgan fingerprint density at radius 1 is 0.362 bits per heavy atom. The maximum atomic E-state index is 5.27. The van der Waals surface area contributed by atoms with E-state index in [0.717, 1.165) is 50.5 Å². The molecule has 1 aliphatic rings. The van der Waals surface area contributed by atoms with Gasteiger partial charge in [-0.05, 0) is 99.1 Å². The van der Waals surface area contributed by atoms with Gasteiger partial charge in [0.25, 0.3) is 0 Å². The summed E-state index contributed by atoms with van der Waals surface area (Å²) in [5.41, 5.74) is 18.2. The van der Waals surface area contributed by atoms with Crippen LogP contribution in [0.15, 0.2) is 200 Å². The molecule has 0 unspecified atom stereocenters. The average Bonchev–Trinajstić information content (AvgIpc) is 3.75. The minimum absolute atomic E-state index is 0.108. The number of aromatic nitrogens is 3. The SMILES string of the molecule is CC1(C)c2ccccc2-c2ccc(-c3cc(-c4ccc(-n5c6ccccc6c6ccccc65)cc4)cc(-c4nc(-c5ccccc5)cc(-c5ccccc5)n4)c3)cc21. The van der Waals surface area contributed by atoms with E-state index < -0.39 is 0 Å². The zero-order valence-electron chi connectivity index (χ0n) is 32.4. The molecule has 2 heterocycles. The fraction of sp³-hybridized carbons (Fsp3) is 0.0545. The van der Waals surface area contributed by atoms with E-state index in [2.05, 4.69) is 206 Å². The third kappa shape index (κ3) is 5.58. The van der Waals surface area contributed by atoms with E-state index in [9.17, 15) is 0 Å². The molecule has 0 fully saturated rings. The highest BCUT2D eigenvalue weighted by molar-refractivity contribution is 6.09. The monoisotopic (exact) mass is 741 g/mol. The minimum atomic E-state index is -0.108. The van der Waals surface area contributed by atoms with Gasteiger partial charge >= 0.3 is 0 Å². The highest BCUT2D eigenvalue weighted by Gasteiger charge is 2.35. The normalized spacial score (nSPS) is 12.8. The number of para-hydroxylation sites is 2. The van der Waals surface area contributed by atoms with Gasteiger partial charge in [-0.15, -0.1) is 0 Å². The highest BCUT2D eigenvalue weighted by atomic mass is 15.0. The zero-order valence-corrected chi connectivity index (χ0v) is 32.4. The molecule has 2 aromatic heterocycles. The Morgan fingerprint density at radius 2 is 0.862 bits per heavy atom. The van der Waals surface area contributed by atoms with E-state index in [1.807, 2.05) is 12.1 Å². The van der Waals surface area contributed by atoms with Crippen molar-refractivity contribution in [2.24, 2.45) is 0 Å². The predicted octanol–water partition coefficient (Wildman–Crippen LogP) is 14.2. The summed E-state index contributed by atoms with van der Waals surface area (Å²) in [6.45, 7) is 4.69. The lowest BCUT2D eigenvalue weighted by atomic mass is 9.81. The Labute approximate surface area is 338 Å².